The molecule has 0 spiro atoms. The van der Waals surface area contributed by atoms with Crippen molar-refractivity contribution in [2.75, 3.05) is 19.6 Å². The lowest BCUT2D eigenvalue weighted by molar-refractivity contribution is -0.134. The lowest BCUT2D eigenvalue weighted by Crippen LogP contribution is -2.49. The molecule has 0 aliphatic carbocycles. The number of aromatic nitrogens is 2. The van der Waals surface area contributed by atoms with E-state index in [9.17, 15) is 9.59 Å². The molecule has 1 aromatic heterocycles. The van der Waals surface area contributed by atoms with Crippen molar-refractivity contribution in [3.8, 4) is 0 Å². The highest BCUT2D eigenvalue weighted by molar-refractivity contribution is 6.35. The molecule has 27 heavy (non-hydrogen) atoms. The van der Waals surface area contributed by atoms with Crippen molar-refractivity contribution >= 4 is 41.1 Å². The van der Waals surface area contributed by atoms with Crippen LogP contribution in [0, 0.1) is 13.8 Å². The van der Waals surface area contributed by atoms with Crippen molar-refractivity contribution in [3.63, 3.8) is 0 Å². The third-order valence-electron chi connectivity index (χ3n) is 4.55. The second kappa shape index (κ2) is 8.15. The predicted octanol–water partition coefficient (Wildman–Crippen LogP) is 2.83. The molecule has 1 aromatic carbocycles. The van der Waals surface area contributed by atoms with Crippen molar-refractivity contribution in [2.45, 2.75) is 20.4 Å². The largest absolute Gasteiger partial charge is 0.353 e. The Hall–Kier alpha value is -2.31. The standard InChI is InChI=1S/C19H20Cl2N4O2/c1-12-14(6-7-19(27)24-9-8-22-18(26)11-24)13(2)25(23-12)10-15-16(20)4-3-5-17(15)21/h3-7H,8-11H2,1-2H3,(H,22,26). The van der Waals surface area contributed by atoms with Gasteiger partial charge in [-0.2, -0.15) is 5.10 Å². The van der Waals surface area contributed by atoms with Gasteiger partial charge in [-0.25, -0.2) is 0 Å². The Morgan fingerprint density at radius 2 is 2.00 bits per heavy atom. The third kappa shape index (κ3) is 4.34. The molecule has 0 bridgehead atoms. The Bertz CT molecular complexity index is 900. The average Bonchev–Trinajstić information content (AvgIpc) is 2.89. The van der Waals surface area contributed by atoms with Crippen LogP contribution in [0.2, 0.25) is 10.0 Å². The normalized spacial score (nSPS) is 14.7. The van der Waals surface area contributed by atoms with Crippen molar-refractivity contribution in [1.29, 1.82) is 0 Å². The number of carbonyl (C=O) groups is 2. The fourth-order valence-electron chi connectivity index (χ4n) is 3.03. The number of nitrogens with zero attached hydrogens (tertiary/aromatic N) is 3. The zero-order valence-corrected chi connectivity index (χ0v) is 16.6. The second-order valence-corrected chi connectivity index (χ2v) is 7.20. The van der Waals surface area contributed by atoms with Crippen LogP contribution in [0.4, 0.5) is 0 Å². The van der Waals surface area contributed by atoms with E-state index in [1.54, 1.807) is 24.3 Å². The van der Waals surface area contributed by atoms with Crippen LogP contribution in [0.1, 0.15) is 22.5 Å². The van der Waals surface area contributed by atoms with Crippen molar-refractivity contribution < 1.29 is 9.59 Å². The first-order valence-corrected chi connectivity index (χ1v) is 9.33. The summed E-state index contributed by atoms with van der Waals surface area (Å²) in [7, 11) is 0. The molecule has 0 saturated carbocycles. The summed E-state index contributed by atoms with van der Waals surface area (Å²) < 4.78 is 1.82. The summed E-state index contributed by atoms with van der Waals surface area (Å²) in [5.74, 6) is -0.328. The molecule has 1 N–H and O–H groups in total. The van der Waals surface area contributed by atoms with Gasteiger partial charge in [-0.3, -0.25) is 14.3 Å². The van der Waals surface area contributed by atoms with Crippen LogP contribution in [0.3, 0.4) is 0 Å². The maximum absolute atomic E-state index is 12.3. The molecule has 2 aromatic rings. The van der Waals surface area contributed by atoms with Crippen LogP contribution >= 0.6 is 23.2 Å². The fraction of sp³-hybridized carbons (Fsp3) is 0.316. The van der Waals surface area contributed by atoms with E-state index in [0.717, 1.165) is 22.5 Å². The van der Waals surface area contributed by atoms with Gasteiger partial charge in [0.15, 0.2) is 0 Å². The number of hydrogen-bond acceptors (Lipinski definition) is 3. The number of aryl methyl sites for hydroxylation is 1. The summed E-state index contributed by atoms with van der Waals surface area (Å²) in [6.07, 6.45) is 3.24. The molecule has 1 aliphatic rings. The maximum atomic E-state index is 12.3. The lowest BCUT2D eigenvalue weighted by Gasteiger charge is -2.25. The number of rotatable bonds is 4. The highest BCUT2D eigenvalue weighted by Crippen LogP contribution is 2.26. The smallest absolute Gasteiger partial charge is 0.247 e. The number of nitrogens with one attached hydrogen (secondary N) is 1. The van der Waals surface area contributed by atoms with E-state index in [-0.39, 0.29) is 18.4 Å². The van der Waals surface area contributed by atoms with Crippen LogP contribution in [-0.4, -0.2) is 46.1 Å². The van der Waals surface area contributed by atoms with Crippen LogP contribution < -0.4 is 5.32 Å². The first-order chi connectivity index (χ1) is 12.9. The molecule has 6 nitrogen and oxygen atoms in total. The topological polar surface area (TPSA) is 67.2 Å². The van der Waals surface area contributed by atoms with Crippen LogP contribution in [0.25, 0.3) is 6.08 Å². The van der Waals surface area contributed by atoms with Crippen molar-refractivity contribution in [2.24, 2.45) is 0 Å². The molecule has 0 radical (unpaired) electrons. The summed E-state index contributed by atoms with van der Waals surface area (Å²) in [6.45, 7) is 5.34. The minimum absolute atomic E-state index is 0.0887. The van der Waals surface area contributed by atoms with E-state index in [1.165, 1.54) is 11.0 Å². The quantitative estimate of drug-likeness (QED) is 0.793. The minimum atomic E-state index is -0.189. The van der Waals surface area contributed by atoms with Crippen LogP contribution in [0.5, 0.6) is 0 Å². The maximum Gasteiger partial charge on any atom is 0.247 e. The molecule has 2 amide bonds. The molecule has 0 atom stereocenters. The Morgan fingerprint density at radius 1 is 1.30 bits per heavy atom. The van der Waals surface area contributed by atoms with Gasteiger partial charge in [0.1, 0.15) is 0 Å². The Labute approximate surface area is 167 Å². The van der Waals surface area contributed by atoms with Gasteiger partial charge in [0, 0.05) is 46.0 Å². The van der Waals surface area contributed by atoms with Gasteiger partial charge in [0.2, 0.25) is 11.8 Å². The zero-order valence-electron chi connectivity index (χ0n) is 15.1. The van der Waals surface area contributed by atoms with E-state index in [0.29, 0.717) is 29.7 Å². The number of amides is 2. The number of hydrogen-bond donors (Lipinski definition) is 1. The molecule has 8 heteroatoms. The number of carbonyl (C=O) groups excluding carboxylic acids is 2. The summed E-state index contributed by atoms with van der Waals surface area (Å²) in [4.78, 5) is 25.3. The van der Waals surface area contributed by atoms with Gasteiger partial charge in [0.25, 0.3) is 0 Å². The van der Waals surface area contributed by atoms with Crippen molar-refractivity contribution in [1.82, 2.24) is 20.0 Å². The Balaban J connectivity index is 1.79. The number of benzene rings is 1. The highest BCUT2D eigenvalue weighted by atomic mass is 35.5. The molecular formula is C19H20Cl2N4O2. The van der Waals surface area contributed by atoms with Crippen LogP contribution in [0.15, 0.2) is 24.3 Å². The molecule has 1 aliphatic heterocycles. The van der Waals surface area contributed by atoms with Gasteiger partial charge in [-0.1, -0.05) is 29.3 Å². The fourth-order valence-corrected chi connectivity index (χ4v) is 3.54. The summed E-state index contributed by atoms with van der Waals surface area (Å²) >= 11 is 12.5. The summed E-state index contributed by atoms with van der Waals surface area (Å²) in [6, 6.07) is 5.39. The summed E-state index contributed by atoms with van der Waals surface area (Å²) in [5, 5.41) is 8.43. The Kier molecular flexibility index (Phi) is 5.87. The first kappa shape index (κ1) is 19.5. The molecule has 3 rings (SSSR count). The SMILES string of the molecule is Cc1nn(Cc2c(Cl)cccc2Cl)c(C)c1C=CC(=O)N1CCNC(=O)C1. The van der Waals surface area contributed by atoms with Gasteiger partial charge >= 0.3 is 0 Å². The van der Waals surface area contributed by atoms with E-state index in [1.807, 2.05) is 18.5 Å². The van der Waals surface area contributed by atoms with E-state index >= 15 is 0 Å². The Morgan fingerprint density at radius 3 is 2.67 bits per heavy atom. The van der Waals surface area contributed by atoms with Crippen LogP contribution in [-0.2, 0) is 16.1 Å². The highest BCUT2D eigenvalue weighted by Gasteiger charge is 2.19. The molecule has 1 fully saturated rings. The number of halogens is 2. The molecule has 1 saturated heterocycles. The zero-order chi connectivity index (χ0) is 19.6. The molecule has 2 heterocycles. The summed E-state index contributed by atoms with van der Waals surface area (Å²) in [5.41, 5.74) is 3.38. The van der Waals surface area contributed by atoms with E-state index in [4.69, 9.17) is 23.2 Å². The van der Waals surface area contributed by atoms with Gasteiger partial charge < -0.3 is 10.2 Å². The second-order valence-electron chi connectivity index (χ2n) is 6.39. The van der Waals surface area contributed by atoms with Gasteiger partial charge in [-0.15, -0.1) is 0 Å². The van der Waals surface area contributed by atoms with E-state index in [2.05, 4.69) is 10.4 Å². The minimum Gasteiger partial charge on any atom is -0.353 e. The predicted molar refractivity (Wildman–Crippen MR) is 106 cm³/mol. The van der Waals surface area contributed by atoms with Gasteiger partial charge in [-0.05, 0) is 32.1 Å². The first-order valence-electron chi connectivity index (χ1n) is 8.57. The number of piperazine rings is 1. The molecular weight excluding hydrogens is 387 g/mol. The van der Waals surface area contributed by atoms with E-state index < -0.39 is 0 Å². The van der Waals surface area contributed by atoms with Crippen molar-refractivity contribution in [3.05, 3.63) is 56.8 Å². The average molecular weight is 407 g/mol. The van der Waals surface area contributed by atoms with Gasteiger partial charge in [0.05, 0.1) is 18.8 Å². The monoisotopic (exact) mass is 406 g/mol. The molecule has 142 valence electrons. The third-order valence-corrected chi connectivity index (χ3v) is 5.26. The lowest BCUT2D eigenvalue weighted by atomic mass is 10.1. The molecule has 0 unspecified atom stereocenters.